The minimum absolute atomic E-state index is 0.0501. The molecule has 0 atom stereocenters. The number of hydrogen-bond donors (Lipinski definition) is 1. The summed E-state index contributed by atoms with van der Waals surface area (Å²) in [5.74, 6) is 0.394. The molecule has 0 aliphatic carbocycles. The van der Waals surface area contributed by atoms with E-state index in [1.54, 1.807) is 24.3 Å². The average Bonchev–Trinajstić information content (AvgIpc) is 2.61. The summed E-state index contributed by atoms with van der Waals surface area (Å²) >= 11 is 0. The van der Waals surface area contributed by atoms with E-state index in [2.05, 4.69) is 5.32 Å². The van der Waals surface area contributed by atoms with Crippen molar-refractivity contribution in [1.29, 1.82) is 0 Å². The summed E-state index contributed by atoms with van der Waals surface area (Å²) in [6.07, 6.45) is -0.335. The summed E-state index contributed by atoms with van der Waals surface area (Å²) < 4.78 is 10.1. The van der Waals surface area contributed by atoms with Gasteiger partial charge in [0.2, 0.25) is 0 Å². The van der Waals surface area contributed by atoms with Crippen LogP contribution in [0.2, 0.25) is 0 Å². The molecular weight excluding hydrogens is 306 g/mol. The van der Waals surface area contributed by atoms with Gasteiger partial charge in [0.05, 0.1) is 0 Å². The van der Waals surface area contributed by atoms with Crippen molar-refractivity contribution in [2.24, 2.45) is 0 Å². The zero-order valence-corrected chi connectivity index (χ0v) is 13.7. The van der Waals surface area contributed by atoms with Crippen molar-refractivity contribution >= 4 is 11.9 Å². The Kier molecular flexibility index (Phi) is 6.98. The highest BCUT2D eigenvalue weighted by Crippen LogP contribution is 2.14. The van der Waals surface area contributed by atoms with E-state index in [-0.39, 0.29) is 12.4 Å². The van der Waals surface area contributed by atoms with Gasteiger partial charge in [-0.05, 0) is 36.4 Å². The second-order valence-corrected chi connectivity index (χ2v) is 5.18. The molecule has 0 radical (unpaired) electrons. The maximum Gasteiger partial charge on any atom is 0.514 e. The zero-order chi connectivity index (χ0) is 17.2. The normalized spacial score (nSPS) is 10.2. The maximum atomic E-state index is 11.9. The zero-order valence-electron chi connectivity index (χ0n) is 13.7. The largest absolute Gasteiger partial charge is 0.514 e. The Morgan fingerprint density at radius 3 is 2.38 bits per heavy atom. The Bertz CT molecular complexity index is 653. The monoisotopic (exact) mass is 327 g/mol. The van der Waals surface area contributed by atoms with Gasteiger partial charge in [0.15, 0.2) is 5.78 Å². The van der Waals surface area contributed by atoms with Gasteiger partial charge in [0.25, 0.3) is 0 Å². The Morgan fingerprint density at radius 1 is 1.00 bits per heavy atom. The summed E-state index contributed by atoms with van der Waals surface area (Å²) in [4.78, 5) is 23.6. The Hall–Kier alpha value is -2.66. The van der Waals surface area contributed by atoms with Gasteiger partial charge in [-0.25, -0.2) is 4.79 Å². The van der Waals surface area contributed by atoms with Crippen molar-refractivity contribution in [1.82, 2.24) is 5.32 Å². The summed E-state index contributed by atoms with van der Waals surface area (Å²) in [5.41, 5.74) is 1.48. The fourth-order valence-corrected chi connectivity index (χ4v) is 2.07. The topological polar surface area (TPSA) is 64.6 Å². The third kappa shape index (κ3) is 5.85. The first kappa shape index (κ1) is 17.7. The standard InChI is InChI=1S/C19H21NO4/c1-2-20-13-12-18(21)16-8-10-17(11-9-16)24-19(22)23-14-15-6-4-3-5-7-15/h3-11,20H,2,12-14H2,1H3. The quantitative estimate of drug-likeness (QED) is 0.347. The van der Waals surface area contributed by atoms with E-state index in [1.807, 2.05) is 37.3 Å². The lowest BCUT2D eigenvalue weighted by molar-refractivity contribution is 0.0927. The van der Waals surface area contributed by atoms with E-state index in [4.69, 9.17) is 9.47 Å². The lowest BCUT2D eigenvalue weighted by atomic mass is 10.1. The number of Topliss-reactive ketones (excluding diaryl/α,β-unsaturated/α-hetero) is 1. The second kappa shape index (κ2) is 9.47. The number of carbonyl (C=O) groups is 2. The van der Waals surface area contributed by atoms with Crippen LogP contribution in [0.3, 0.4) is 0 Å². The number of nitrogens with one attached hydrogen (secondary N) is 1. The molecule has 24 heavy (non-hydrogen) atoms. The first-order chi connectivity index (χ1) is 11.7. The third-order valence-corrected chi connectivity index (χ3v) is 3.36. The molecule has 2 aromatic carbocycles. The maximum absolute atomic E-state index is 11.9. The highest BCUT2D eigenvalue weighted by molar-refractivity contribution is 5.96. The first-order valence-corrected chi connectivity index (χ1v) is 7.91. The lowest BCUT2D eigenvalue weighted by Gasteiger charge is -2.07. The van der Waals surface area contributed by atoms with Crippen LogP contribution in [0.1, 0.15) is 29.3 Å². The van der Waals surface area contributed by atoms with Crippen LogP contribution in [0.5, 0.6) is 5.75 Å². The molecule has 5 nitrogen and oxygen atoms in total. The number of ketones is 1. The smallest absolute Gasteiger partial charge is 0.429 e. The Labute approximate surface area is 141 Å². The predicted molar refractivity (Wildman–Crippen MR) is 91.2 cm³/mol. The molecule has 1 N–H and O–H groups in total. The number of hydrogen-bond acceptors (Lipinski definition) is 5. The van der Waals surface area contributed by atoms with Crippen LogP contribution in [0.25, 0.3) is 0 Å². The molecule has 2 aromatic rings. The van der Waals surface area contributed by atoms with Crippen molar-refractivity contribution in [3.63, 3.8) is 0 Å². The Morgan fingerprint density at radius 2 is 1.71 bits per heavy atom. The minimum Gasteiger partial charge on any atom is -0.429 e. The molecule has 0 saturated heterocycles. The molecule has 0 saturated carbocycles. The summed E-state index contributed by atoms with van der Waals surface area (Å²) in [5, 5.41) is 3.11. The van der Waals surface area contributed by atoms with Crippen LogP contribution in [0.4, 0.5) is 4.79 Å². The second-order valence-electron chi connectivity index (χ2n) is 5.18. The molecule has 0 aliphatic heterocycles. The minimum atomic E-state index is -0.773. The lowest BCUT2D eigenvalue weighted by Crippen LogP contribution is -2.17. The van der Waals surface area contributed by atoms with Gasteiger partial charge in [0.1, 0.15) is 12.4 Å². The van der Waals surface area contributed by atoms with Crippen LogP contribution < -0.4 is 10.1 Å². The van der Waals surface area contributed by atoms with Gasteiger partial charge in [-0.3, -0.25) is 4.79 Å². The molecule has 0 fully saturated rings. The summed E-state index contributed by atoms with van der Waals surface area (Å²) in [6, 6.07) is 15.8. The molecule has 0 amide bonds. The van der Waals surface area contributed by atoms with Gasteiger partial charge < -0.3 is 14.8 Å². The van der Waals surface area contributed by atoms with Gasteiger partial charge in [-0.1, -0.05) is 37.3 Å². The first-order valence-electron chi connectivity index (χ1n) is 7.91. The highest BCUT2D eigenvalue weighted by atomic mass is 16.7. The molecule has 0 bridgehead atoms. The third-order valence-electron chi connectivity index (χ3n) is 3.36. The summed E-state index contributed by atoms with van der Waals surface area (Å²) in [6.45, 7) is 3.64. The highest BCUT2D eigenvalue weighted by Gasteiger charge is 2.09. The number of carbonyl (C=O) groups excluding carboxylic acids is 2. The van der Waals surface area contributed by atoms with Crippen molar-refractivity contribution in [2.45, 2.75) is 20.0 Å². The molecule has 0 aromatic heterocycles. The molecule has 0 spiro atoms. The van der Waals surface area contributed by atoms with E-state index < -0.39 is 6.16 Å². The van der Waals surface area contributed by atoms with Crippen molar-refractivity contribution in [3.05, 3.63) is 65.7 Å². The molecule has 126 valence electrons. The van der Waals surface area contributed by atoms with Crippen LogP contribution in [0, 0.1) is 0 Å². The fourth-order valence-electron chi connectivity index (χ4n) is 2.07. The van der Waals surface area contributed by atoms with Gasteiger partial charge >= 0.3 is 6.16 Å². The van der Waals surface area contributed by atoms with Gasteiger partial charge in [-0.2, -0.15) is 0 Å². The van der Waals surface area contributed by atoms with Crippen LogP contribution in [-0.4, -0.2) is 25.0 Å². The van der Waals surface area contributed by atoms with E-state index in [9.17, 15) is 9.59 Å². The SMILES string of the molecule is CCNCCC(=O)c1ccc(OC(=O)OCc2ccccc2)cc1. The molecular formula is C19H21NO4. The van der Waals surface area contributed by atoms with E-state index >= 15 is 0 Å². The number of benzene rings is 2. The van der Waals surface area contributed by atoms with Crippen LogP contribution >= 0.6 is 0 Å². The number of ether oxygens (including phenoxy) is 2. The number of rotatable bonds is 8. The molecule has 0 unspecified atom stereocenters. The van der Waals surface area contributed by atoms with Crippen molar-refractivity contribution in [3.8, 4) is 5.75 Å². The summed E-state index contributed by atoms with van der Waals surface area (Å²) in [7, 11) is 0. The molecule has 2 rings (SSSR count). The van der Waals surface area contributed by atoms with Crippen molar-refractivity contribution < 1.29 is 19.1 Å². The van der Waals surface area contributed by atoms with Gasteiger partial charge in [0, 0.05) is 18.5 Å². The van der Waals surface area contributed by atoms with Crippen molar-refractivity contribution in [2.75, 3.05) is 13.1 Å². The molecule has 0 heterocycles. The fraction of sp³-hybridized carbons (Fsp3) is 0.263. The van der Waals surface area contributed by atoms with Crippen LogP contribution in [-0.2, 0) is 11.3 Å². The van der Waals surface area contributed by atoms with Gasteiger partial charge in [-0.15, -0.1) is 0 Å². The van der Waals surface area contributed by atoms with Crippen LogP contribution in [0.15, 0.2) is 54.6 Å². The average molecular weight is 327 g/mol. The molecule has 0 aliphatic rings. The Balaban J connectivity index is 1.80. The van der Waals surface area contributed by atoms with E-state index in [0.717, 1.165) is 12.1 Å². The predicted octanol–water partition coefficient (Wildman–Crippen LogP) is 3.58. The van der Waals surface area contributed by atoms with E-state index in [0.29, 0.717) is 24.3 Å². The molecule has 5 heteroatoms. The van der Waals surface area contributed by atoms with E-state index in [1.165, 1.54) is 0 Å².